The summed E-state index contributed by atoms with van der Waals surface area (Å²) in [6.07, 6.45) is 1.70. The van der Waals surface area contributed by atoms with E-state index in [1.54, 1.807) is 6.21 Å². The van der Waals surface area contributed by atoms with Gasteiger partial charge in [0.05, 0.1) is 0 Å². The topological polar surface area (TPSA) is 242 Å². The van der Waals surface area contributed by atoms with Crippen LogP contribution in [-0.4, -0.2) is 92.6 Å². The zero-order valence-electron chi connectivity index (χ0n) is 56.0. The van der Waals surface area contributed by atoms with Crippen molar-refractivity contribution < 1.29 is 0 Å². The average molecular weight is 1320 g/mol. The molecule has 0 saturated carbocycles. The van der Waals surface area contributed by atoms with Crippen LogP contribution in [0.25, 0.3) is 179 Å². The lowest BCUT2D eigenvalue weighted by atomic mass is 10.0. The highest BCUT2D eigenvalue weighted by molar-refractivity contribution is 6.14. The molecule has 27 heterocycles. The van der Waals surface area contributed by atoms with Crippen molar-refractivity contribution in [2.75, 3.05) is 0 Å². The highest BCUT2D eigenvalue weighted by Crippen LogP contribution is 2.36. The van der Waals surface area contributed by atoms with Crippen LogP contribution in [-0.2, 0) is 0 Å². The third kappa shape index (κ3) is 11.5. The molecule has 17 aromatic rings. The Kier molecular flexibility index (Phi) is 14.5. The summed E-state index contributed by atoms with van der Waals surface area (Å²) in [4.78, 5) is 82.9. The number of amidine groups is 2. The van der Waals surface area contributed by atoms with E-state index in [0.29, 0.717) is 98.8 Å². The second-order valence-electron chi connectivity index (χ2n) is 25.5. The second-order valence-corrected chi connectivity index (χ2v) is 25.5. The Labute approximate surface area is 583 Å². The van der Waals surface area contributed by atoms with Crippen LogP contribution in [0.1, 0.15) is 47.2 Å². The molecule has 482 valence electrons. The summed E-state index contributed by atoms with van der Waals surface area (Å²) in [7, 11) is 0. The second kappa shape index (κ2) is 24.4. The first-order valence-electron chi connectivity index (χ1n) is 33.3. The summed E-state index contributed by atoms with van der Waals surface area (Å²) in [5, 5.41) is 21.2. The van der Waals surface area contributed by atoms with Gasteiger partial charge < -0.3 is 0 Å². The molecule has 102 heavy (non-hydrogen) atoms. The Balaban J connectivity index is 0.700. The molecule has 0 radical (unpaired) electrons. The molecule has 18 heteroatoms. The smallest absolute Gasteiger partial charge is 0.163 e. The lowest BCUT2D eigenvalue weighted by Crippen LogP contribution is -2.04. The molecular formula is C84H56N18. The molecule has 0 fully saturated rings. The molecule has 39 rings (SSSR count). The summed E-state index contributed by atoms with van der Waals surface area (Å²) in [6, 6.07) is 74.0. The fourth-order valence-corrected chi connectivity index (χ4v) is 13.3. The van der Waals surface area contributed by atoms with Gasteiger partial charge in [-0.05, 0) is 179 Å². The van der Waals surface area contributed by atoms with Gasteiger partial charge in [-0.15, -0.1) is 0 Å². The number of aryl methyl sites for hydroxylation is 5. The highest BCUT2D eigenvalue weighted by Gasteiger charge is 2.19. The summed E-state index contributed by atoms with van der Waals surface area (Å²) < 4.78 is 0. The predicted molar refractivity (Wildman–Crippen MR) is 404 cm³/mol. The van der Waals surface area contributed by atoms with E-state index in [2.05, 4.69) is 120 Å². The molecule has 18 nitrogen and oxygen atoms in total. The lowest BCUT2D eigenvalue weighted by molar-refractivity contribution is 0.991. The van der Waals surface area contributed by atoms with Crippen LogP contribution in [0.15, 0.2) is 228 Å². The fourth-order valence-electron chi connectivity index (χ4n) is 13.3. The van der Waals surface area contributed by atoms with Gasteiger partial charge in [0.15, 0.2) is 69.9 Å². The highest BCUT2D eigenvalue weighted by atomic mass is 15.1. The first kappa shape index (κ1) is 60.7. The summed E-state index contributed by atoms with van der Waals surface area (Å²) >= 11 is 0. The Hall–Kier alpha value is -13.7. The first-order chi connectivity index (χ1) is 49.7. The maximum absolute atomic E-state index is 9.26. The SMILES string of the molecule is CC=NC1=NC(=N)c2ccc3cc(ccc3c2)-c2nc(C)nc(n2)-c2ccc3cc(ccc3c2)-c2nc(C)nc(n2)-c2ccc3cc(ccc3c2)-c2nc(C)nc(n2)-c2ccc3cc(ccc3c2)-c2nc(C)nc(n2)-c2ccc3cc(ccc3c2)-c2nc(C)nc(n2)-c2ccc3cc1ccc3c2. The number of aliphatic imine (C=N–C) groups is 2. The van der Waals surface area contributed by atoms with E-state index in [9.17, 15) is 5.41 Å². The van der Waals surface area contributed by atoms with Crippen molar-refractivity contribution in [3.05, 3.63) is 259 Å². The molecule has 0 aliphatic carbocycles. The third-order valence-electron chi connectivity index (χ3n) is 18.4. The molecule has 22 aliphatic rings. The van der Waals surface area contributed by atoms with Gasteiger partial charge in [-0.3, -0.25) is 5.41 Å². The number of nitrogens with one attached hydrogen (secondary N) is 1. The molecule has 0 atom stereocenters. The van der Waals surface area contributed by atoms with Gasteiger partial charge in [0.1, 0.15) is 29.1 Å². The molecule has 5 aromatic heterocycles. The third-order valence-corrected chi connectivity index (χ3v) is 18.4. The molecule has 0 unspecified atom stereocenters. The summed E-state index contributed by atoms with van der Waals surface area (Å²) in [5.41, 5.74) is 10.0. The van der Waals surface area contributed by atoms with E-state index < -0.39 is 0 Å². The van der Waals surface area contributed by atoms with Gasteiger partial charge in [0, 0.05) is 73.0 Å². The fraction of sp³-hybridized carbons (Fsp3) is 0.0714. The minimum atomic E-state index is 0.0803. The Bertz CT molecular complexity index is 6520. The van der Waals surface area contributed by atoms with Crippen molar-refractivity contribution >= 4 is 82.5 Å². The number of rotatable bonds is 0. The van der Waals surface area contributed by atoms with Crippen LogP contribution in [0.2, 0.25) is 0 Å². The monoisotopic (exact) mass is 1320 g/mol. The standard InChI is InChI=1S/C84H56N18/c1-7-86-74-62-21-9-52-35-64(23-11-51(52)33-62)76-88-45(3)90-78(99-76)66-25-13-56-39-68(27-15-55(56)37-66)80-92-47(5)94-82(101-80)70-29-17-60-43-72(31-19-59(60)41-70)84-96-48(6)95-83(102-84)71-30-18-57-40-69(28-16-58(57)42-71)81-93-46(4)91-79(100-81)67-26-14-53-36-65(24-12-54(53)38-67)77-89-44(2)87-75(98-77)63-22-10-49-32-61(73(85)97-74)20-8-50(49)34-63/h7-43,85H,1-6H3. The van der Waals surface area contributed by atoms with Crippen LogP contribution in [0.3, 0.4) is 0 Å². The van der Waals surface area contributed by atoms with Gasteiger partial charge >= 0.3 is 0 Å². The molecule has 22 aliphatic heterocycles. The molecule has 0 spiro atoms. The minimum Gasteiger partial charge on any atom is -0.282 e. The average Bonchev–Trinajstić information content (AvgIpc) is 0.787. The van der Waals surface area contributed by atoms with Crippen molar-refractivity contribution in [2.24, 2.45) is 9.98 Å². The predicted octanol–water partition coefficient (Wildman–Crippen LogP) is 17.9. The van der Waals surface area contributed by atoms with Crippen molar-refractivity contribution in [1.29, 1.82) is 5.41 Å². The zero-order chi connectivity index (χ0) is 68.9. The summed E-state index contributed by atoms with van der Waals surface area (Å²) in [5.74, 6) is 9.24. The van der Waals surface area contributed by atoms with Gasteiger partial charge in [0.2, 0.25) is 0 Å². The molecule has 34 bridgehead atoms. The van der Waals surface area contributed by atoms with Gasteiger partial charge in [-0.2, -0.15) is 0 Å². The molecule has 0 amide bonds. The van der Waals surface area contributed by atoms with E-state index in [1.165, 1.54) is 0 Å². The van der Waals surface area contributed by atoms with Crippen LogP contribution < -0.4 is 0 Å². The van der Waals surface area contributed by atoms with Gasteiger partial charge in [-0.1, -0.05) is 146 Å². The van der Waals surface area contributed by atoms with Crippen molar-refractivity contribution in [1.82, 2.24) is 74.8 Å². The zero-order valence-corrected chi connectivity index (χ0v) is 56.0. The van der Waals surface area contributed by atoms with Gasteiger partial charge in [0.25, 0.3) is 0 Å². The van der Waals surface area contributed by atoms with E-state index in [4.69, 9.17) is 79.8 Å². The Morgan fingerprint density at radius 3 is 0.559 bits per heavy atom. The van der Waals surface area contributed by atoms with Crippen LogP contribution in [0, 0.1) is 40.0 Å². The van der Waals surface area contributed by atoms with Crippen molar-refractivity contribution in [3.63, 3.8) is 0 Å². The van der Waals surface area contributed by atoms with Crippen LogP contribution >= 0.6 is 0 Å². The van der Waals surface area contributed by atoms with E-state index >= 15 is 0 Å². The Morgan fingerprint density at radius 1 is 0.216 bits per heavy atom. The summed E-state index contributed by atoms with van der Waals surface area (Å²) in [6.45, 7) is 11.3. The van der Waals surface area contributed by atoms with Gasteiger partial charge in [-0.25, -0.2) is 84.7 Å². The maximum Gasteiger partial charge on any atom is 0.163 e. The van der Waals surface area contributed by atoms with Crippen molar-refractivity contribution in [3.8, 4) is 114 Å². The number of hydrogen-bond donors (Lipinski definition) is 1. The minimum absolute atomic E-state index is 0.0803. The molecule has 12 aromatic carbocycles. The van der Waals surface area contributed by atoms with Crippen molar-refractivity contribution in [2.45, 2.75) is 41.5 Å². The molecule has 0 saturated heterocycles. The quantitative estimate of drug-likeness (QED) is 0.139. The molecular weight excluding hydrogens is 1260 g/mol. The molecule has 1 N–H and O–H groups in total. The van der Waals surface area contributed by atoms with E-state index in [0.717, 1.165) is 126 Å². The number of hydrogen-bond acceptors (Lipinski definition) is 17. The van der Waals surface area contributed by atoms with Crippen LogP contribution in [0.5, 0.6) is 0 Å². The largest absolute Gasteiger partial charge is 0.282 e. The number of benzene rings is 12. The Morgan fingerprint density at radius 2 is 0.373 bits per heavy atom. The van der Waals surface area contributed by atoms with E-state index in [-0.39, 0.29) is 5.84 Å². The van der Waals surface area contributed by atoms with E-state index in [1.807, 2.05) is 145 Å². The lowest BCUT2D eigenvalue weighted by Gasteiger charge is -2.10. The maximum atomic E-state index is 9.26. The number of nitrogens with zero attached hydrogens (tertiary/aromatic N) is 17. The van der Waals surface area contributed by atoms with Crippen LogP contribution in [0.4, 0.5) is 0 Å². The normalized spacial score (nSPS) is 12.3. The first-order valence-corrected chi connectivity index (χ1v) is 33.3. The number of aromatic nitrogens is 15.